The highest BCUT2D eigenvalue weighted by atomic mass is 16.5. The summed E-state index contributed by atoms with van der Waals surface area (Å²) in [4.78, 5) is 10.5. The van der Waals surface area contributed by atoms with E-state index in [1.54, 1.807) is 14.2 Å². The smallest absolute Gasteiger partial charge is 0.159 e. The van der Waals surface area contributed by atoms with E-state index in [1.165, 1.54) is 5.69 Å². The molecule has 2 aromatic carbocycles. The molecular formula is C24H27N5O3. The van der Waals surface area contributed by atoms with Crippen LogP contribution in [0.3, 0.4) is 0 Å². The zero-order chi connectivity index (χ0) is 21.9. The van der Waals surface area contributed by atoms with Crippen LogP contribution in [-0.4, -0.2) is 60.7 Å². The molecule has 2 aromatic heterocycles. The lowest BCUT2D eigenvalue weighted by atomic mass is 10.1. The number of aryl methyl sites for hydroxylation is 2. The van der Waals surface area contributed by atoms with E-state index >= 15 is 0 Å². The molecule has 0 radical (unpaired) electrons. The molecule has 1 saturated heterocycles. The van der Waals surface area contributed by atoms with Gasteiger partial charge in [-0.05, 0) is 54.8 Å². The number of nitrogens with zero attached hydrogens (tertiary/aromatic N) is 3. The Morgan fingerprint density at radius 3 is 2.50 bits per heavy atom. The number of hydrogen-bond acceptors (Lipinski definition) is 6. The number of morpholine rings is 1. The molecule has 2 N–H and O–H groups in total. The number of hydrogen-bond donors (Lipinski definition) is 2. The van der Waals surface area contributed by atoms with Gasteiger partial charge in [0.25, 0.3) is 0 Å². The standard InChI is InChI=1S/C24H27N5O3/c1-30-19-11-16(12-20(15-19)31-2)3-4-17-13-23(28-27-17)24-25-21-6-5-18(14-22(21)26-24)29-7-9-32-10-8-29/h5-6,11-15H,3-4,7-10H2,1-2H3,(H,25,26)(H,27,28). The molecule has 1 fully saturated rings. The summed E-state index contributed by atoms with van der Waals surface area (Å²) in [6.45, 7) is 3.35. The van der Waals surface area contributed by atoms with E-state index in [9.17, 15) is 0 Å². The number of anilines is 1. The average molecular weight is 434 g/mol. The normalized spacial score (nSPS) is 14.1. The van der Waals surface area contributed by atoms with Gasteiger partial charge in [0.05, 0.1) is 38.5 Å². The van der Waals surface area contributed by atoms with Crippen molar-refractivity contribution in [3.8, 4) is 23.0 Å². The summed E-state index contributed by atoms with van der Waals surface area (Å²) in [6.07, 6.45) is 1.67. The SMILES string of the molecule is COc1cc(CCc2cc(-c3nc4cc(N5CCOCC5)ccc4[nH]3)n[nH]2)cc(OC)c1. The van der Waals surface area contributed by atoms with Gasteiger partial charge in [0.15, 0.2) is 5.82 Å². The van der Waals surface area contributed by atoms with Crippen molar-refractivity contribution < 1.29 is 14.2 Å². The zero-order valence-electron chi connectivity index (χ0n) is 18.4. The maximum atomic E-state index is 5.46. The Bertz CT molecular complexity index is 1190. The van der Waals surface area contributed by atoms with Crippen molar-refractivity contribution in [2.45, 2.75) is 12.8 Å². The fourth-order valence-electron chi connectivity index (χ4n) is 4.03. The number of imidazole rings is 1. The third kappa shape index (κ3) is 4.27. The summed E-state index contributed by atoms with van der Waals surface area (Å²) in [5.74, 6) is 2.36. The lowest BCUT2D eigenvalue weighted by Gasteiger charge is -2.28. The van der Waals surface area contributed by atoms with Gasteiger partial charge < -0.3 is 24.1 Å². The molecule has 0 bridgehead atoms. The monoisotopic (exact) mass is 433 g/mol. The van der Waals surface area contributed by atoms with Gasteiger partial charge in [0.1, 0.15) is 17.2 Å². The molecule has 0 atom stereocenters. The number of aromatic nitrogens is 4. The quantitative estimate of drug-likeness (QED) is 0.463. The summed E-state index contributed by atoms with van der Waals surface area (Å²) in [7, 11) is 3.33. The van der Waals surface area contributed by atoms with Gasteiger partial charge in [-0.25, -0.2) is 4.98 Å². The Kier molecular flexibility index (Phi) is 5.68. The molecule has 8 nitrogen and oxygen atoms in total. The molecule has 4 aromatic rings. The van der Waals surface area contributed by atoms with E-state index in [0.717, 1.165) is 84.5 Å². The molecule has 1 aliphatic rings. The summed E-state index contributed by atoms with van der Waals surface area (Å²) in [6, 6.07) is 14.3. The fourth-order valence-corrected chi connectivity index (χ4v) is 4.03. The molecule has 0 saturated carbocycles. The van der Waals surface area contributed by atoms with E-state index in [1.807, 2.05) is 18.2 Å². The van der Waals surface area contributed by atoms with Gasteiger partial charge in [-0.1, -0.05) is 0 Å². The fraction of sp³-hybridized carbons (Fsp3) is 0.333. The minimum absolute atomic E-state index is 0.766. The zero-order valence-corrected chi connectivity index (χ0v) is 18.4. The van der Waals surface area contributed by atoms with Gasteiger partial charge in [-0.2, -0.15) is 5.10 Å². The molecule has 1 aliphatic heterocycles. The second-order valence-corrected chi connectivity index (χ2v) is 7.89. The van der Waals surface area contributed by atoms with E-state index in [4.69, 9.17) is 19.2 Å². The number of methoxy groups -OCH3 is 2. The Morgan fingerprint density at radius 2 is 1.75 bits per heavy atom. The van der Waals surface area contributed by atoms with Crippen LogP contribution < -0.4 is 14.4 Å². The van der Waals surface area contributed by atoms with Gasteiger partial charge in [0.2, 0.25) is 0 Å². The van der Waals surface area contributed by atoms with Gasteiger partial charge >= 0.3 is 0 Å². The second kappa shape index (κ2) is 8.92. The molecule has 166 valence electrons. The van der Waals surface area contributed by atoms with E-state index in [-0.39, 0.29) is 0 Å². The number of benzene rings is 2. The van der Waals surface area contributed by atoms with Crippen molar-refractivity contribution in [3.05, 3.63) is 53.7 Å². The molecule has 5 rings (SSSR count). The molecule has 0 aliphatic carbocycles. The summed E-state index contributed by atoms with van der Waals surface area (Å²) in [5, 5.41) is 7.62. The second-order valence-electron chi connectivity index (χ2n) is 7.89. The van der Waals surface area contributed by atoms with Crippen LogP contribution in [0.25, 0.3) is 22.6 Å². The van der Waals surface area contributed by atoms with E-state index < -0.39 is 0 Å². The van der Waals surface area contributed by atoms with Crippen LogP contribution in [0, 0.1) is 0 Å². The minimum Gasteiger partial charge on any atom is -0.497 e. The van der Waals surface area contributed by atoms with Gasteiger partial charge in [0, 0.05) is 30.5 Å². The topological polar surface area (TPSA) is 88.3 Å². The summed E-state index contributed by atoms with van der Waals surface area (Å²) >= 11 is 0. The van der Waals surface area contributed by atoms with Crippen LogP contribution in [-0.2, 0) is 17.6 Å². The highest BCUT2D eigenvalue weighted by molar-refractivity contribution is 5.82. The third-order valence-corrected chi connectivity index (χ3v) is 5.81. The molecule has 3 heterocycles. The van der Waals surface area contributed by atoms with Gasteiger partial charge in [-0.15, -0.1) is 0 Å². The number of fused-ring (bicyclic) bond motifs is 1. The molecule has 32 heavy (non-hydrogen) atoms. The molecule has 0 spiro atoms. The minimum atomic E-state index is 0.766. The lowest BCUT2D eigenvalue weighted by Crippen LogP contribution is -2.36. The Labute approximate surface area is 186 Å². The van der Waals surface area contributed by atoms with Crippen molar-refractivity contribution in [2.24, 2.45) is 0 Å². The van der Waals surface area contributed by atoms with Crippen molar-refractivity contribution in [3.63, 3.8) is 0 Å². The first kappa shape index (κ1) is 20.4. The lowest BCUT2D eigenvalue weighted by molar-refractivity contribution is 0.122. The van der Waals surface area contributed by atoms with E-state index in [2.05, 4.69) is 44.3 Å². The first-order chi connectivity index (χ1) is 15.7. The van der Waals surface area contributed by atoms with Crippen LogP contribution in [0.1, 0.15) is 11.3 Å². The Balaban J connectivity index is 1.31. The van der Waals surface area contributed by atoms with Gasteiger partial charge in [-0.3, -0.25) is 5.10 Å². The molecule has 8 heteroatoms. The molecular weight excluding hydrogens is 406 g/mol. The maximum absolute atomic E-state index is 5.46. The summed E-state index contributed by atoms with van der Waals surface area (Å²) in [5.41, 5.74) is 6.14. The number of H-pyrrole nitrogens is 2. The third-order valence-electron chi connectivity index (χ3n) is 5.81. The van der Waals surface area contributed by atoms with Crippen LogP contribution in [0.2, 0.25) is 0 Å². The molecule has 0 amide bonds. The highest BCUT2D eigenvalue weighted by Crippen LogP contribution is 2.26. The maximum Gasteiger partial charge on any atom is 0.159 e. The number of nitrogens with one attached hydrogen (secondary N) is 2. The summed E-state index contributed by atoms with van der Waals surface area (Å²) < 4.78 is 16.2. The van der Waals surface area contributed by atoms with Crippen LogP contribution in [0.4, 0.5) is 5.69 Å². The predicted octanol–water partition coefficient (Wildman–Crippen LogP) is 3.59. The van der Waals surface area contributed by atoms with Crippen LogP contribution in [0.15, 0.2) is 42.5 Å². The highest BCUT2D eigenvalue weighted by Gasteiger charge is 2.14. The number of aromatic amines is 2. The Hall–Kier alpha value is -3.52. The molecule has 0 unspecified atom stereocenters. The van der Waals surface area contributed by atoms with Crippen molar-refractivity contribution in [2.75, 3.05) is 45.4 Å². The largest absolute Gasteiger partial charge is 0.497 e. The average Bonchev–Trinajstić information content (AvgIpc) is 3.49. The van der Waals surface area contributed by atoms with Crippen LogP contribution in [0.5, 0.6) is 11.5 Å². The van der Waals surface area contributed by atoms with E-state index in [0.29, 0.717) is 0 Å². The first-order valence-electron chi connectivity index (χ1n) is 10.8. The number of rotatable bonds is 7. The first-order valence-corrected chi connectivity index (χ1v) is 10.8. The number of ether oxygens (including phenoxy) is 3. The van der Waals surface area contributed by atoms with Crippen molar-refractivity contribution in [1.29, 1.82) is 0 Å². The van der Waals surface area contributed by atoms with Crippen LogP contribution >= 0.6 is 0 Å². The van der Waals surface area contributed by atoms with Crippen molar-refractivity contribution in [1.82, 2.24) is 20.2 Å². The Morgan fingerprint density at radius 1 is 0.969 bits per heavy atom. The predicted molar refractivity (Wildman–Crippen MR) is 124 cm³/mol. The van der Waals surface area contributed by atoms with Crippen molar-refractivity contribution >= 4 is 16.7 Å².